The molecule has 3 aromatic rings. The van der Waals surface area contributed by atoms with E-state index in [4.69, 9.17) is 11.5 Å². The van der Waals surface area contributed by atoms with Crippen LogP contribution in [-0.4, -0.2) is 16.4 Å². The SMILES string of the molecule is NC(=O)CCc1cccc(-n2c(C(N)=O)cc3ccccc32)c1. The summed E-state index contributed by atoms with van der Waals surface area (Å²) in [5, 5.41) is 0.948. The van der Waals surface area contributed by atoms with Gasteiger partial charge in [0.2, 0.25) is 5.91 Å². The second kappa shape index (κ2) is 5.96. The number of amides is 2. The van der Waals surface area contributed by atoms with Gasteiger partial charge in [-0.2, -0.15) is 0 Å². The van der Waals surface area contributed by atoms with Gasteiger partial charge in [0.25, 0.3) is 5.91 Å². The number of nitrogens with two attached hydrogens (primary N) is 2. The molecule has 3 rings (SSSR count). The van der Waals surface area contributed by atoms with E-state index in [1.54, 1.807) is 6.07 Å². The normalized spacial score (nSPS) is 10.8. The average molecular weight is 307 g/mol. The van der Waals surface area contributed by atoms with E-state index in [1.807, 2.05) is 53.1 Å². The van der Waals surface area contributed by atoms with Gasteiger partial charge < -0.3 is 16.0 Å². The summed E-state index contributed by atoms with van der Waals surface area (Å²) in [7, 11) is 0. The van der Waals surface area contributed by atoms with Gasteiger partial charge in [-0.05, 0) is 36.2 Å². The lowest BCUT2D eigenvalue weighted by molar-refractivity contribution is -0.117. The van der Waals surface area contributed by atoms with Crippen LogP contribution < -0.4 is 11.5 Å². The minimum atomic E-state index is -0.483. The predicted molar refractivity (Wildman–Crippen MR) is 89.3 cm³/mol. The molecule has 1 heterocycles. The third kappa shape index (κ3) is 2.94. The van der Waals surface area contributed by atoms with Crippen molar-refractivity contribution in [3.05, 3.63) is 65.9 Å². The van der Waals surface area contributed by atoms with Gasteiger partial charge in [-0.1, -0.05) is 30.3 Å². The number of para-hydroxylation sites is 1. The van der Waals surface area contributed by atoms with Crippen LogP contribution in [0.5, 0.6) is 0 Å². The Kier molecular flexibility index (Phi) is 3.85. The fourth-order valence-corrected chi connectivity index (χ4v) is 2.73. The maximum absolute atomic E-state index is 11.8. The van der Waals surface area contributed by atoms with Crippen molar-refractivity contribution in [2.24, 2.45) is 11.5 Å². The zero-order chi connectivity index (χ0) is 16.4. The standard InChI is InChI=1S/C18H17N3O2/c19-17(22)9-8-12-4-3-6-14(10-12)21-15-7-2-1-5-13(15)11-16(21)18(20)23/h1-7,10-11H,8-9H2,(H2,19,22)(H2,20,23). The van der Waals surface area contributed by atoms with Crippen LogP contribution in [0.25, 0.3) is 16.6 Å². The van der Waals surface area contributed by atoms with Crippen LogP contribution in [0.4, 0.5) is 0 Å². The zero-order valence-corrected chi connectivity index (χ0v) is 12.5. The molecule has 0 aliphatic carbocycles. The van der Waals surface area contributed by atoms with Gasteiger partial charge in [0.15, 0.2) is 0 Å². The Hall–Kier alpha value is -3.08. The lowest BCUT2D eigenvalue weighted by atomic mass is 10.1. The second-order valence-corrected chi connectivity index (χ2v) is 5.42. The van der Waals surface area contributed by atoms with Crippen molar-refractivity contribution in [2.75, 3.05) is 0 Å². The van der Waals surface area contributed by atoms with Crippen molar-refractivity contribution in [1.29, 1.82) is 0 Å². The molecule has 0 saturated carbocycles. The molecule has 0 unspecified atom stereocenters. The molecule has 0 spiro atoms. The first-order valence-corrected chi connectivity index (χ1v) is 7.34. The Morgan fingerprint density at radius 1 is 0.957 bits per heavy atom. The molecule has 0 aliphatic rings. The minimum Gasteiger partial charge on any atom is -0.370 e. The molecule has 0 bridgehead atoms. The first-order valence-electron chi connectivity index (χ1n) is 7.34. The molecule has 2 amide bonds. The smallest absolute Gasteiger partial charge is 0.265 e. The number of rotatable bonds is 5. The molecule has 1 aromatic heterocycles. The van der Waals surface area contributed by atoms with Crippen molar-refractivity contribution in [2.45, 2.75) is 12.8 Å². The number of hydrogen-bond donors (Lipinski definition) is 2. The van der Waals surface area contributed by atoms with E-state index in [0.29, 0.717) is 18.5 Å². The molecule has 0 fully saturated rings. The van der Waals surface area contributed by atoms with Gasteiger partial charge in [-0.3, -0.25) is 9.59 Å². The summed E-state index contributed by atoms with van der Waals surface area (Å²) in [5.41, 5.74) is 13.9. The zero-order valence-electron chi connectivity index (χ0n) is 12.5. The van der Waals surface area contributed by atoms with Crippen LogP contribution in [0.2, 0.25) is 0 Å². The Bertz CT molecular complexity index is 896. The van der Waals surface area contributed by atoms with Crippen LogP contribution in [-0.2, 0) is 11.2 Å². The van der Waals surface area contributed by atoms with E-state index in [2.05, 4.69) is 0 Å². The summed E-state index contributed by atoms with van der Waals surface area (Å²) in [6.07, 6.45) is 0.854. The summed E-state index contributed by atoms with van der Waals surface area (Å²) >= 11 is 0. The number of primary amides is 2. The van der Waals surface area contributed by atoms with Crippen LogP contribution in [0, 0.1) is 0 Å². The summed E-state index contributed by atoms with van der Waals surface area (Å²) in [4.78, 5) is 22.8. The Morgan fingerprint density at radius 2 is 1.74 bits per heavy atom. The molecule has 0 atom stereocenters. The van der Waals surface area contributed by atoms with Gasteiger partial charge >= 0.3 is 0 Å². The fraction of sp³-hybridized carbons (Fsp3) is 0.111. The number of carbonyl (C=O) groups excluding carboxylic acids is 2. The highest BCUT2D eigenvalue weighted by Crippen LogP contribution is 2.25. The van der Waals surface area contributed by atoms with Crippen molar-refractivity contribution < 1.29 is 9.59 Å². The Balaban J connectivity index is 2.12. The lowest BCUT2D eigenvalue weighted by Gasteiger charge is -2.10. The highest BCUT2D eigenvalue weighted by molar-refractivity contribution is 5.99. The largest absolute Gasteiger partial charge is 0.370 e. The van der Waals surface area contributed by atoms with Gasteiger partial charge in [-0.15, -0.1) is 0 Å². The van der Waals surface area contributed by atoms with Crippen molar-refractivity contribution >= 4 is 22.7 Å². The lowest BCUT2D eigenvalue weighted by Crippen LogP contribution is -2.16. The first-order chi connectivity index (χ1) is 11.1. The number of aryl methyl sites for hydroxylation is 1. The molecule has 2 aromatic carbocycles. The molecule has 4 N–H and O–H groups in total. The van der Waals surface area contributed by atoms with Crippen molar-refractivity contribution in [3.8, 4) is 5.69 Å². The van der Waals surface area contributed by atoms with Crippen LogP contribution >= 0.6 is 0 Å². The molecule has 116 valence electrons. The first kappa shape index (κ1) is 14.8. The molecule has 5 nitrogen and oxygen atoms in total. The molecular formula is C18H17N3O2. The van der Waals surface area contributed by atoms with Crippen LogP contribution in [0.1, 0.15) is 22.5 Å². The molecular weight excluding hydrogens is 290 g/mol. The number of hydrogen-bond acceptors (Lipinski definition) is 2. The van der Waals surface area contributed by atoms with E-state index >= 15 is 0 Å². The summed E-state index contributed by atoms with van der Waals surface area (Å²) < 4.78 is 1.84. The molecule has 0 saturated heterocycles. The monoisotopic (exact) mass is 307 g/mol. The molecule has 23 heavy (non-hydrogen) atoms. The van der Waals surface area contributed by atoms with Crippen LogP contribution in [0.15, 0.2) is 54.6 Å². The summed E-state index contributed by atoms with van der Waals surface area (Å²) in [6.45, 7) is 0. The maximum atomic E-state index is 11.8. The maximum Gasteiger partial charge on any atom is 0.265 e. The number of carbonyl (C=O) groups is 2. The number of fused-ring (bicyclic) bond motifs is 1. The summed E-state index contributed by atoms with van der Waals surface area (Å²) in [6, 6.07) is 17.2. The topological polar surface area (TPSA) is 91.1 Å². The van der Waals surface area contributed by atoms with Gasteiger partial charge in [0.1, 0.15) is 5.69 Å². The second-order valence-electron chi connectivity index (χ2n) is 5.42. The predicted octanol–water partition coefficient (Wildman–Crippen LogP) is 2.15. The van der Waals surface area contributed by atoms with E-state index in [1.165, 1.54) is 0 Å². The van der Waals surface area contributed by atoms with Gasteiger partial charge in [-0.25, -0.2) is 0 Å². The Morgan fingerprint density at radius 3 is 2.48 bits per heavy atom. The van der Waals surface area contributed by atoms with E-state index < -0.39 is 5.91 Å². The number of aromatic nitrogens is 1. The van der Waals surface area contributed by atoms with Crippen molar-refractivity contribution in [3.63, 3.8) is 0 Å². The third-order valence-electron chi connectivity index (χ3n) is 3.79. The van der Waals surface area contributed by atoms with E-state index in [0.717, 1.165) is 22.2 Å². The highest BCUT2D eigenvalue weighted by atomic mass is 16.1. The third-order valence-corrected chi connectivity index (χ3v) is 3.79. The van der Waals surface area contributed by atoms with E-state index in [9.17, 15) is 9.59 Å². The molecule has 0 aliphatic heterocycles. The quantitative estimate of drug-likeness (QED) is 0.756. The van der Waals surface area contributed by atoms with E-state index in [-0.39, 0.29) is 5.91 Å². The molecule has 0 radical (unpaired) electrons. The molecule has 5 heteroatoms. The Labute approximate surface area is 133 Å². The van der Waals surface area contributed by atoms with Crippen molar-refractivity contribution in [1.82, 2.24) is 4.57 Å². The average Bonchev–Trinajstić information content (AvgIpc) is 2.93. The van der Waals surface area contributed by atoms with Gasteiger partial charge in [0.05, 0.1) is 5.52 Å². The van der Waals surface area contributed by atoms with Gasteiger partial charge in [0, 0.05) is 17.5 Å². The highest BCUT2D eigenvalue weighted by Gasteiger charge is 2.14. The number of nitrogens with zero attached hydrogens (tertiary/aromatic N) is 1. The minimum absolute atomic E-state index is 0.290. The van der Waals surface area contributed by atoms with Crippen LogP contribution in [0.3, 0.4) is 0 Å². The fourth-order valence-electron chi connectivity index (χ4n) is 2.73. The summed E-state index contributed by atoms with van der Waals surface area (Å²) in [5.74, 6) is -0.816. The number of benzene rings is 2.